The zero-order chi connectivity index (χ0) is 11.1. The largest absolute Gasteiger partial charge is 0.326 e. The number of hydrogen-bond donors (Lipinski definition) is 1. The van der Waals surface area contributed by atoms with Gasteiger partial charge in [-0.1, -0.05) is 6.07 Å². The van der Waals surface area contributed by atoms with Gasteiger partial charge in [-0.05, 0) is 36.8 Å². The topological polar surface area (TPSA) is 37.8 Å². The van der Waals surface area contributed by atoms with Gasteiger partial charge in [0, 0.05) is 11.8 Å². The van der Waals surface area contributed by atoms with E-state index in [1.54, 1.807) is 0 Å². The van der Waals surface area contributed by atoms with Crippen molar-refractivity contribution >= 4 is 22.8 Å². The van der Waals surface area contributed by atoms with Crippen molar-refractivity contribution in [1.82, 2.24) is 9.55 Å². The first-order valence-corrected chi connectivity index (χ1v) is 6.70. The Labute approximate surface area is 97.9 Å². The Kier molecular flexibility index (Phi) is 2.32. The fraction of sp³-hybridized carbons (Fsp3) is 0.417. The van der Waals surface area contributed by atoms with Crippen LogP contribution in [0.2, 0.25) is 0 Å². The molecule has 1 saturated heterocycles. The molecule has 1 aromatic carbocycles. The Hall–Kier alpha value is -1.16. The quantitative estimate of drug-likeness (QED) is 0.822. The molecule has 1 fully saturated rings. The number of imidazole rings is 1. The molecule has 1 aromatic heterocycles. The van der Waals surface area contributed by atoms with Gasteiger partial charge in [0.2, 0.25) is 0 Å². The van der Waals surface area contributed by atoms with Gasteiger partial charge in [-0.3, -0.25) is 4.57 Å². The number of thioether (sulfide) groups is 1. The number of H-pyrrole nitrogens is 1. The minimum atomic E-state index is 0.0353. The zero-order valence-electron chi connectivity index (χ0n) is 9.19. The Morgan fingerprint density at radius 2 is 2.38 bits per heavy atom. The highest BCUT2D eigenvalue weighted by molar-refractivity contribution is 7.99. The minimum Gasteiger partial charge on any atom is -0.306 e. The molecular formula is C12H14N2OS. The Morgan fingerprint density at radius 1 is 1.50 bits per heavy atom. The van der Waals surface area contributed by atoms with E-state index in [1.165, 1.54) is 5.56 Å². The van der Waals surface area contributed by atoms with Gasteiger partial charge >= 0.3 is 5.69 Å². The van der Waals surface area contributed by atoms with Crippen LogP contribution in [0.25, 0.3) is 11.0 Å². The van der Waals surface area contributed by atoms with E-state index in [1.807, 2.05) is 28.5 Å². The second-order valence-electron chi connectivity index (χ2n) is 4.34. The molecule has 0 spiro atoms. The van der Waals surface area contributed by atoms with E-state index < -0.39 is 0 Å². The molecule has 0 aliphatic carbocycles. The van der Waals surface area contributed by atoms with E-state index in [0.717, 1.165) is 29.0 Å². The Bertz CT molecular complexity index is 578. The Morgan fingerprint density at radius 3 is 3.12 bits per heavy atom. The molecule has 3 nitrogen and oxygen atoms in total. The number of nitrogens with zero attached hydrogens (tertiary/aromatic N) is 1. The van der Waals surface area contributed by atoms with Crippen molar-refractivity contribution < 1.29 is 0 Å². The third-order valence-corrected chi connectivity index (χ3v) is 4.29. The van der Waals surface area contributed by atoms with Gasteiger partial charge in [0.1, 0.15) is 0 Å². The van der Waals surface area contributed by atoms with Crippen LogP contribution in [0.3, 0.4) is 0 Å². The number of rotatable bonds is 1. The van der Waals surface area contributed by atoms with Crippen molar-refractivity contribution in [3.05, 3.63) is 34.2 Å². The highest BCUT2D eigenvalue weighted by atomic mass is 32.2. The van der Waals surface area contributed by atoms with E-state index in [4.69, 9.17) is 0 Å². The molecule has 0 amide bonds. The standard InChI is InChI=1S/C12H14N2OS/c1-8-2-3-10-11(6-8)14(12(15)13-10)9-4-5-16-7-9/h2-3,6,9H,4-5,7H2,1H3,(H,13,15). The lowest BCUT2D eigenvalue weighted by Gasteiger charge is -2.10. The second kappa shape index (κ2) is 3.70. The summed E-state index contributed by atoms with van der Waals surface area (Å²) >= 11 is 1.93. The molecule has 3 rings (SSSR count). The summed E-state index contributed by atoms with van der Waals surface area (Å²) in [4.78, 5) is 14.9. The van der Waals surface area contributed by atoms with E-state index in [9.17, 15) is 4.79 Å². The van der Waals surface area contributed by atoms with Crippen molar-refractivity contribution in [2.24, 2.45) is 0 Å². The predicted octanol–water partition coefficient (Wildman–Crippen LogP) is 2.32. The van der Waals surface area contributed by atoms with Crippen LogP contribution in [0.1, 0.15) is 18.0 Å². The van der Waals surface area contributed by atoms with Crippen LogP contribution in [0, 0.1) is 6.92 Å². The number of benzene rings is 1. The Balaban J connectivity index is 2.25. The first-order valence-electron chi connectivity index (χ1n) is 5.54. The van der Waals surface area contributed by atoms with Crippen molar-refractivity contribution in [2.75, 3.05) is 11.5 Å². The highest BCUT2D eigenvalue weighted by Gasteiger charge is 2.21. The number of aryl methyl sites for hydroxylation is 1. The molecule has 2 heterocycles. The molecule has 16 heavy (non-hydrogen) atoms. The molecule has 1 unspecified atom stereocenters. The van der Waals surface area contributed by atoms with Crippen LogP contribution < -0.4 is 5.69 Å². The van der Waals surface area contributed by atoms with Gasteiger partial charge in [0.05, 0.1) is 11.0 Å². The minimum absolute atomic E-state index is 0.0353. The predicted molar refractivity (Wildman–Crippen MR) is 68.3 cm³/mol. The molecule has 0 saturated carbocycles. The molecular weight excluding hydrogens is 220 g/mol. The molecule has 1 atom stereocenters. The van der Waals surface area contributed by atoms with Crippen molar-refractivity contribution in [2.45, 2.75) is 19.4 Å². The third kappa shape index (κ3) is 1.48. The lowest BCUT2D eigenvalue weighted by Crippen LogP contribution is -2.21. The summed E-state index contributed by atoms with van der Waals surface area (Å²) < 4.78 is 1.93. The van der Waals surface area contributed by atoms with E-state index in [2.05, 4.69) is 18.0 Å². The van der Waals surface area contributed by atoms with Crippen molar-refractivity contribution in [3.63, 3.8) is 0 Å². The van der Waals surface area contributed by atoms with Crippen LogP contribution in [0.4, 0.5) is 0 Å². The van der Waals surface area contributed by atoms with Crippen LogP contribution in [0.5, 0.6) is 0 Å². The maximum Gasteiger partial charge on any atom is 0.326 e. The summed E-state index contributed by atoms with van der Waals surface area (Å²) in [7, 11) is 0. The van der Waals surface area contributed by atoms with E-state index >= 15 is 0 Å². The maximum atomic E-state index is 11.9. The summed E-state index contributed by atoms with van der Waals surface area (Å²) in [5, 5.41) is 0. The highest BCUT2D eigenvalue weighted by Crippen LogP contribution is 2.29. The molecule has 0 bridgehead atoms. The molecule has 84 valence electrons. The molecule has 1 N–H and O–H groups in total. The normalized spacial score (nSPS) is 20.7. The number of hydrogen-bond acceptors (Lipinski definition) is 2. The van der Waals surface area contributed by atoms with Gasteiger partial charge in [0.15, 0.2) is 0 Å². The molecule has 0 radical (unpaired) electrons. The van der Waals surface area contributed by atoms with E-state index in [0.29, 0.717) is 6.04 Å². The van der Waals surface area contributed by atoms with E-state index in [-0.39, 0.29) is 5.69 Å². The summed E-state index contributed by atoms with van der Waals surface area (Å²) in [6.45, 7) is 2.06. The average Bonchev–Trinajstić information content (AvgIpc) is 2.83. The smallest absolute Gasteiger partial charge is 0.306 e. The first kappa shape index (κ1) is 10.0. The van der Waals surface area contributed by atoms with Gasteiger partial charge in [0.25, 0.3) is 0 Å². The summed E-state index contributed by atoms with van der Waals surface area (Å²) in [6.07, 6.45) is 1.10. The van der Waals surface area contributed by atoms with Crippen molar-refractivity contribution in [3.8, 4) is 0 Å². The summed E-state index contributed by atoms with van der Waals surface area (Å²) in [6, 6.07) is 6.49. The lowest BCUT2D eigenvalue weighted by atomic mass is 10.2. The van der Waals surface area contributed by atoms with Crippen molar-refractivity contribution in [1.29, 1.82) is 0 Å². The molecule has 2 aromatic rings. The van der Waals surface area contributed by atoms with Gasteiger partial charge in [-0.2, -0.15) is 11.8 Å². The van der Waals surface area contributed by atoms with Crippen LogP contribution in [-0.2, 0) is 0 Å². The van der Waals surface area contributed by atoms with Gasteiger partial charge < -0.3 is 4.98 Å². The third-order valence-electron chi connectivity index (χ3n) is 3.14. The number of fused-ring (bicyclic) bond motifs is 1. The average molecular weight is 234 g/mol. The van der Waals surface area contributed by atoms with Gasteiger partial charge in [-0.15, -0.1) is 0 Å². The molecule has 4 heteroatoms. The van der Waals surface area contributed by atoms with Crippen LogP contribution in [-0.4, -0.2) is 21.1 Å². The summed E-state index contributed by atoms with van der Waals surface area (Å²) in [5.74, 6) is 2.22. The van der Waals surface area contributed by atoms with Crippen LogP contribution >= 0.6 is 11.8 Å². The summed E-state index contributed by atoms with van der Waals surface area (Å²) in [5.41, 5.74) is 3.24. The van der Waals surface area contributed by atoms with Crippen LogP contribution in [0.15, 0.2) is 23.0 Å². The number of aromatic nitrogens is 2. The first-order chi connectivity index (χ1) is 7.75. The second-order valence-corrected chi connectivity index (χ2v) is 5.49. The lowest BCUT2D eigenvalue weighted by molar-refractivity contribution is 0.559. The number of nitrogens with one attached hydrogen (secondary N) is 1. The SMILES string of the molecule is Cc1ccc2[nH]c(=O)n(C3CCSC3)c2c1. The maximum absolute atomic E-state index is 11.9. The monoisotopic (exact) mass is 234 g/mol. The molecule has 1 aliphatic rings. The van der Waals surface area contributed by atoms with Gasteiger partial charge in [-0.25, -0.2) is 4.79 Å². The fourth-order valence-electron chi connectivity index (χ4n) is 2.32. The number of aromatic amines is 1. The molecule has 1 aliphatic heterocycles. The fourth-order valence-corrected chi connectivity index (χ4v) is 3.51. The zero-order valence-corrected chi connectivity index (χ0v) is 10.0.